The number of rotatable bonds is 7. The van der Waals surface area contributed by atoms with E-state index < -0.39 is 0 Å². The molecular formula is C13H18N2O4. The highest BCUT2D eigenvalue weighted by Gasteiger charge is 2.11. The second kappa shape index (κ2) is 8.23. The maximum absolute atomic E-state index is 11.6. The normalized spacial score (nSPS) is 10.0. The molecule has 0 aliphatic rings. The molecule has 0 radical (unpaired) electrons. The summed E-state index contributed by atoms with van der Waals surface area (Å²) < 4.78 is 9.89. The molecule has 0 heterocycles. The molecule has 0 spiro atoms. The fraction of sp³-hybridized carbons (Fsp3) is 0.385. The number of hydrogen-bond acceptors (Lipinski definition) is 4. The third-order valence-corrected chi connectivity index (χ3v) is 2.34. The van der Waals surface area contributed by atoms with E-state index in [2.05, 4.69) is 10.6 Å². The molecule has 1 aromatic rings. The van der Waals surface area contributed by atoms with Crippen LogP contribution in [0.5, 0.6) is 0 Å². The van der Waals surface area contributed by atoms with Gasteiger partial charge >= 0.3 is 0 Å². The van der Waals surface area contributed by atoms with Crippen molar-refractivity contribution < 1.29 is 19.1 Å². The molecule has 0 aromatic heterocycles. The number of amides is 2. The van der Waals surface area contributed by atoms with Gasteiger partial charge in [0.1, 0.15) is 6.61 Å². The van der Waals surface area contributed by atoms with E-state index in [-0.39, 0.29) is 18.4 Å². The van der Waals surface area contributed by atoms with Crippen molar-refractivity contribution in [3.05, 3.63) is 29.8 Å². The third-order valence-electron chi connectivity index (χ3n) is 2.34. The number of para-hydroxylation sites is 1. The van der Waals surface area contributed by atoms with Crippen LogP contribution in [0.15, 0.2) is 24.3 Å². The van der Waals surface area contributed by atoms with Crippen molar-refractivity contribution >= 4 is 17.5 Å². The molecule has 6 nitrogen and oxygen atoms in total. The van der Waals surface area contributed by atoms with Crippen molar-refractivity contribution in [1.82, 2.24) is 5.32 Å². The average molecular weight is 266 g/mol. The topological polar surface area (TPSA) is 76.7 Å². The molecule has 0 bridgehead atoms. The zero-order chi connectivity index (χ0) is 14.1. The van der Waals surface area contributed by atoms with E-state index in [1.165, 1.54) is 7.05 Å². The van der Waals surface area contributed by atoms with Crippen molar-refractivity contribution in [2.24, 2.45) is 0 Å². The van der Waals surface area contributed by atoms with Crippen molar-refractivity contribution in [3.63, 3.8) is 0 Å². The number of ether oxygens (including phenoxy) is 2. The van der Waals surface area contributed by atoms with Gasteiger partial charge in [-0.25, -0.2) is 0 Å². The minimum atomic E-state index is -0.313. The fourth-order valence-corrected chi connectivity index (χ4v) is 1.42. The van der Waals surface area contributed by atoms with E-state index in [4.69, 9.17) is 9.47 Å². The van der Waals surface area contributed by atoms with E-state index in [1.54, 1.807) is 31.4 Å². The molecule has 104 valence electrons. The standard InChI is InChI=1S/C13H18N2O4/c1-14-13(17)10-5-3-4-6-11(10)15-12(16)9-19-8-7-18-2/h3-6H,7-9H2,1-2H3,(H,14,17)(H,15,16). The van der Waals surface area contributed by atoms with Crippen molar-refractivity contribution in [3.8, 4) is 0 Å². The Balaban J connectivity index is 2.56. The quantitative estimate of drug-likeness (QED) is 0.710. The predicted molar refractivity (Wildman–Crippen MR) is 71.2 cm³/mol. The van der Waals surface area contributed by atoms with Crippen molar-refractivity contribution in [2.45, 2.75) is 0 Å². The van der Waals surface area contributed by atoms with E-state index in [1.807, 2.05) is 0 Å². The Kier molecular flexibility index (Phi) is 6.56. The van der Waals surface area contributed by atoms with Gasteiger partial charge in [0.2, 0.25) is 5.91 Å². The summed E-state index contributed by atoms with van der Waals surface area (Å²) in [7, 11) is 3.10. The van der Waals surface area contributed by atoms with Gasteiger partial charge in [-0.1, -0.05) is 12.1 Å². The van der Waals surface area contributed by atoms with Crippen LogP contribution in [0.3, 0.4) is 0 Å². The first kappa shape index (κ1) is 15.1. The maximum atomic E-state index is 11.6. The van der Waals surface area contributed by atoms with Crippen LogP contribution in [0.4, 0.5) is 5.69 Å². The zero-order valence-corrected chi connectivity index (χ0v) is 11.1. The Morgan fingerprint density at radius 1 is 1.21 bits per heavy atom. The van der Waals surface area contributed by atoms with Gasteiger partial charge in [-0.15, -0.1) is 0 Å². The molecule has 6 heteroatoms. The predicted octanol–water partition coefficient (Wildman–Crippen LogP) is 0.648. The molecule has 0 saturated carbocycles. The summed E-state index contributed by atoms with van der Waals surface area (Å²) in [6.07, 6.45) is 0. The maximum Gasteiger partial charge on any atom is 0.253 e. The summed E-state index contributed by atoms with van der Waals surface area (Å²) in [5.41, 5.74) is 0.873. The number of nitrogens with one attached hydrogen (secondary N) is 2. The highest BCUT2D eigenvalue weighted by molar-refractivity contribution is 6.03. The lowest BCUT2D eigenvalue weighted by Gasteiger charge is -2.10. The molecule has 1 rings (SSSR count). The first-order valence-electron chi connectivity index (χ1n) is 5.86. The SMILES string of the molecule is CNC(=O)c1ccccc1NC(=O)COCCOC. The average Bonchev–Trinajstić information content (AvgIpc) is 2.43. The van der Waals surface area contributed by atoms with Crippen LogP contribution in [0.25, 0.3) is 0 Å². The van der Waals surface area contributed by atoms with Gasteiger partial charge in [0.15, 0.2) is 0 Å². The Hall–Kier alpha value is -1.92. The van der Waals surface area contributed by atoms with Crippen molar-refractivity contribution in [2.75, 3.05) is 39.3 Å². The van der Waals surface area contributed by atoms with Gasteiger partial charge in [-0.3, -0.25) is 9.59 Å². The molecule has 0 aliphatic carbocycles. The second-order valence-electron chi connectivity index (χ2n) is 3.72. The second-order valence-corrected chi connectivity index (χ2v) is 3.72. The smallest absolute Gasteiger partial charge is 0.253 e. The minimum Gasteiger partial charge on any atom is -0.382 e. The Morgan fingerprint density at radius 2 is 1.95 bits per heavy atom. The molecule has 0 saturated heterocycles. The molecule has 0 aliphatic heterocycles. The Bertz CT molecular complexity index is 434. The van der Waals surface area contributed by atoms with Crippen LogP contribution >= 0.6 is 0 Å². The van der Waals surface area contributed by atoms with E-state index >= 15 is 0 Å². The summed E-state index contributed by atoms with van der Waals surface area (Å²) >= 11 is 0. The number of hydrogen-bond donors (Lipinski definition) is 2. The summed E-state index contributed by atoms with van der Waals surface area (Å²) in [5, 5.41) is 5.15. The summed E-state index contributed by atoms with van der Waals surface area (Å²) in [5.74, 6) is -0.566. The highest BCUT2D eigenvalue weighted by atomic mass is 16.5. The number of anilines is 1. The van der Waals surface area contributed by atoms with E-state index in [0.29, 0.717) is 24.5 Å². The molecule has 1 aromatic carbocycles. The third kappa shape index (κ3) is 5.07. The van der Waals surface area contributed by atoms with Gasteiger partial charge in [0.05, 0.1) is 24.5 Å². The number of methoxy groups -OCH3 is 1. The number of carbonyl (C=O) groups excluding carboxylic acids is 2. The Labute approximate surface area is 112 Å². The Morgan fingerprint density at radius 3 is 2.63 bits per heavy atom. The lowest BCUT2D eigenvalue weighted by molar-refractivity contribution is -0.121. The van der Waals surface area contributed by atoms with Crippen LogP contribution in [-0.4, -0.2) is 45.8 Å². The summed E-state index contributed by atoms with van der Waals surface area (Å²) in [6.45, 7) is 0.703. The molecule has 2 N–H and O–H groups in total. The number of benzene rings is 1. The first-order valence-corrected chi connectivity index (χ1v) is 5.86. The van der Waals surface area contributed by atoms with Crippen LogP contribution in [-0.2, 0) is 14.3 Å². The zero-order valence-electron chi connectivity index (χ0n) is 11.1. The fourth-order valence-electron chi connectivity index (χ4n) is 1.42. The van der Waals surface area contributed by atoms with Gasteiger partial charge in [0, 0.05) is 14.2 Å². The van der Waals surface area contributed by atoms with Crippen molar-refractivity contribution in [1.29, 1.82) is 0 Å². The van der Waals surface area contributed by atoms with Gasteiger partial charge in [0.25, 0.3) is 5.91 Å². The summed E-state index contributed by atoms with van der Waals surface area (Å²) in [6, 6.07) is 6.78. The molecule has 0 atom stereocenters. The monoisotopic (exact) mass is 266 g/mol. The molecule has 19 heavy (non-hydrogen) atoms. The van der Waals surface area contributed by atoms with E-state index in [9.17, 15) is 9.59 Å². The molecule has 0 fully saturated rings. The minimum absolute atomic E-state index is 0.0779. The summed E-state index contributed by atoms with van der Waals surface area (Å²) in [4.78, 5) is 23.2. The molecule has 2 amide bonds. The van der Waals surface area contributed by atoms with Crippen LogP contribution in [0.2, 0.25) is 0 Å². The molecule has 0 unspecified atom stereocenters. The van der Waals surface area contributed by atoms with E-state index in [0.717, 1.165) is 0 Å². The van der Waals surface area contributed by atoms with Gasteiger partial charge in [-0.2, -0.15) is 0 Å². The van der Waals surface area contributed by atoms with Gasteiger partial charge in [-0.05, 0) is 12.1 Å². The largest absolute Gasteiger partial charge is 0.382 e. The number of carbonyl (C=O) groups is 2. The lowest BCUT2D eigenvalue weighted by atomic mass is 10.1. The highest BCUT2D eigenvalue weighted by Crippen LogP contribution is 2.14. The first-order chi connectivity index (χ1) is 9.19. The lowest BCUT2D eigenvalue weighted by Crippen LogP contribution is -2.23. The van der Waals surface area contributed by atoms with Crippen LogP contribution in [0, 0.1) is 0 Å². The van der Waals surface area contributed by atoms with Crippen LogP contribution < -0.4 is 10.6 Å². The van der Waals surface area contributed by atoms with Crippen LogP contribution in [0.1, 0.15) is 10.4 Å². The van der Waals surface area contributed by atoms with Gasteiger partial charge < -0.3 is 20.1 Å². The molecular weight excluding hydrogens is 248 g/mol.